The van der Waals surface area contributed by atoms with Crippen molar-refractivity contribution in [2.24, 2.45) is 5.92 Å². The lowest BCUT2D eigenvalue weighted by atomic mass is 9.76. The van der Waals surface area contributed by atoms with Gasteiger partial charge in [-0.25, -0.2) is 4.79 Å². The van der Waals surface area contributed by atoms with E-state index in [4.69, 9.17) is 16.3 Å². The van der Waals surface area contributed by atoms with Crippen LogP contribution in [0, 0.1) is 5.92 Å². The fourth-order valence-corrected chi connectivity index (χ4v) is 3.58. The first-order valence-corrected chi connectivity index (χ1v) is 7.17. The summed E-state index contributed by atoms with van der Waals surface area (Å²) in [6, 6.07) is -0.216. The molecule has 1 aliphatic heterocycles. The summed E-state index contributed by atoms with van der Waals surface area (Å²) in [5.41, 5.74) is 0. The molecule has 0 aromatic rings. The number of hydrogen-bond donors (Lipinski definition) is 0. The number of rotatable bonds is 2. The monoisotopic (exact) mass is 273 g/mol. The molecule has 18 heavy (non-hydrogen) atoms. The second-order valence-electron chi connectivity index (χ2n) is 5.18. The average Bonchev–Trinajstić information content (AvgIpc) is 2.44. The molecule has 0 aromatic carbocycles. The third-order valence-corrected chi connectivity index (χ3v) is 4.53. The van der Waals surface area contributed by atoms with E-state index in [1.54, 1.807) is 4.90 Å². The van der Waals surface area contributed by atoms with Gasteiger partial charge in [-0.3, -0.25) is 9.69 Å². The van der Waals surface area contributed by atoms with Crippen LogP contribution in [0.25, 0.3) is 0 Å². The summed E-state index contributed by atoms with van der Waals surface area (Å²) in [6.45, 7) is 0. The highest BCUT2D eigenvalue weighted by molar-refractivity contribution is 6.28. The van der Waals surface area contributed by atoms with E-state index in [-0.39, 0.29) is 29.8 Å². The number of ether oxygens (including phenoxy) is 1. The fourth-order valence-electron chi connectivity index (χ4n) is 3.41. The van der Waals surface area contributed by atoms with E-state index >= 15 is 0 Å². The van der Waals surface area contributed by atoms with E-state index in [1.807, 2.05) is 0 Å². The van der Waals surface area contributed by atoms with Crippen LogP contribution in [0.15, 0.2) is 0 Å². The first-order valence-electron chi connectivity index (χ1n) is 6.64. The Morgan fingerprint density at radius 2 is 1.94 bits per heavy atom. The van der Waals surface area contributed by atoms with Gasteiger partial charge in [-0.2, -0.15) is 0 Å². The molecular weight excluding hydrogens is 254 g/mol. The first-order chi connectivity index (χ1) is 8.69. The molecule has 1 amide bonds. The van der Waals surface area contributed by atoms with Crippen molar-refractivity contribution in [1.29, 1.82) is 0 Å². The van der Waals surface area contributed by atoms with Crippen molar-refractivity contribution >= 4 is 23.5 Å². The van der Waals surface area contributed by atoms with Crippen molar-refractivity contribution in [3.05, 3.63) is 0 Å². The molecule has 3 atom stereocenters. The van der Waals surface area contributed by atoms with Crippen molar-refractivity contribution in [2.45, 2.75) is 50.6 Å². The summed E-state index contributed by atoms with van der Waals surface area (Å²) in [5.74, 6) is 0.429. The zero-order valence-corrected chi connectivity index (χ0v) is 11.5. The topological polar surface area (TPSA) is 46.6 Å². The van der Waals surface area contributed by atoms with Gasteiger partial charge < -0.3 is 4.74 Å². The molecule has 0 aromatic heterocycles. The molecule has 0 N–H and O–H groups in total. The van der Waals surface area contributed by atoms with Crippen molar-refractivity contribution in [3.63, 3.8) is 0 Å². The van der Waals surface area contributed by atoms with Gasteiger partial charge in [0, 0.05) is 6.04 Å². The number of alkyl halides is 1. The van der Waals surface area contributed by atoms with Gasteiger partial charge in [0.15, 0.2) is 5.78 Å². The van der Waals surface area contributed by atoms with Crippen LogP contribution in [0.1, 0.15) is 38.5 Å². The highest BCUT2D eigenvalue weighted by Gasteiger charge is 2.43. The number of Topliss-reactive ketones (excluding diaryl/α,β-unsaturated/α-hetero) is 1. The van der Waals surface area contributed by atoms with Gasteiger partial charge in [0.05, 0.1) is 19.0 Å². The average molecular weight is 274 g/mol. The third-order valence-electron chi connectivity index (χ3n) is 4.26. The third kappa shape index (κ3) is 2.48. The number of amides is 1. The normalized spacial score (nSPS) is 31.7. The Kier molecular flexibility index (Phi) is 4.49. The van der Waals surface area contributed by atoms with Gasteiger partial charge in [0.2, 0.25) is 0 Å². The minimum Gasteiger partial charge on any atom is -0.453 e. The minimum absolute atomic E-state index is 0.0322. The highest BCUT2D eigenvalue weighted by atomic mass is 35.5. The number of likely N-dealkylation sites (tertiary alicyclic amines) is 1. The lowest BCUT2D eigenvalue weighted by Gasteiger charge is -2.46. The van der Waals surface area contributed by atoms with Crippen molar-refractivity contribution < 1.29 is 14.3 Å². The van der Waals surface area contributed by atoms with Gasteiger partial charge in [-0.1, -0.05) is 12.8 Å². The molecule has 0 bridgehead atoms. The van der Waals surface area contributed by atoms with E-state index in [2.05, 4.69) is 0 Å². The molecule has 1 aliphatic carbocycles. The van der Waals surface area contributed by atoms with Crippen LogP contribution in [0.5, 0.6) is 0 Å². The van der Waals surface area contributed by atoms with Crippen LogP contribution in [0.2, 0.25) is 0 Å². The standard InChI is InChI=1S/C13H20ClNO3/c1-18-13(17)15-10-5-3-2-4-9(10)6-7-11(15)12(16)8-14/h9-11H,2-8H2,1H3. The number of hydrogen-bond acceptors (Lipinski definition) is 3. The summed E-state index contributed by atoms with van der Waals surface area (Å²) in [4.78, 5) is 25.5. The van der Waals surface area contributed by atoms with E-state index in [0.717, 1.165) is 32.1 Å². The highest BCUT2D eigenvalue weighted by Crippen LogP contribution is 2.38. The second kappa shape index (κ2) is 5.91. The molecule has 1 heterocycles. The van der Waals surface area contributed by atoms with E-state index in [1.165, 1.54) is 13.5 Å². The predicted octanol–water partition coefficient (Wildman–Crippen LogP) is 2.58. The van der Waals surface area contributed by atoms with Crippen LogP contribution in [-0.4, -0.2) is 41.8 Å². The molecule has 1 saturated heterocycles. The van der Waals surface area contributed by atoms with Crippen molar-refractivity contribution in [1.82, 2.24) is 4.90 Å². The number of methoxy groups -OCH3 is 1. The molecular formula is C13H20ClNO3. The lowest BCUT2D eigenvalue weighted by Crippen LogP contribution is -2.57. The molecule has 102 valence electrons. The molecule has 2 fully saturated rings. The largest absolute Gasteiger partial charge is 0.453 e. The SMILES string of the molecule is COC(=O)N1C(C(=O)CCl)CCC2CCCCC21. The number of fused-ring (bicyclic) bond motifs is 1. The molecule has 2 rings (SSSR count). The number of piperidine rings is 1. The number of halogens is 1. The maximum Gasteiger partial charge on any atom is 0.410 e. The van der Waals surface area contributed by atoms with Crippen LogP contribution in [-0.2, 0) is 9.53 Å². The summed E-state index contributed by atoms with van der Waals surface area (Å²) in [5, 5.41) is 0. The van der Waals surface area contributed by atoms with Crippen LogP contribution >= 0.6 is 11.6 Å². The van der Waals surface area contributed by atoms with E-state index < -0.39 is 0 Å². The van der Waals surface area contributed by atoms with Crippen LogP contribution in [0.3, 0.4) is 0 Å². The number of carbonyl (C=O) groups excluding carboxylic acids is 2. The van der Waals surface area contributed by atoms with Crippen molar-refractivity contribution in [2.75, 3.05) is 13.0 Å². The Morgan fingerprint density at radius 1 is 1.22 bits per heavy atom. The number of nitrogens with zero attached hydrogens (tertiary/aromatic N) is 1. The maximum atomic E-state index is 12.0. The molecule has 3 unspecified atom stereocenters. The van der Waals surface area contributed by atoms with Gasteiger partial charge in [-0.15, -0.1) is 11.6 Å². The van der Waals surface area contributed by atoms with Gasteiger partial charge in [0.25, 0.3) is 0 Å². The maximum absolute atomic E-state index is 12.0. The summed E-state index contributed by atoms with van der Waals surface area (Å²) < 4.78 is 4.86. The molecule has 5 heteroatoms. The van der Waals surface area contributed by atoms with Gasteiger partial charge in [0.1, 0.15) is 0 Å². The Balaban J connectivity index is 2.21. The van der Waals surface area contributed by atoms with Gasteiger partial charge in [-0.05, 0) is 31.6 Å². The first kappa shape index (κ1) is 13.7. The fraction of sp³-hybridized carbons (Fsp3) is 0.846. The zero-order chi connectivity index (χ0) is 13.1. The Morgan fingerprint density at radius 3 is 2.61 bits per heavy atom. The van der Waals surface area contributed by atoms with E-state index in [9.17, 15) is 9.59 Å². The summed E-state index contributed by atoms with van der Waals surface area (Å²) in [7, 11) is 1.37. The van der Waals surface area contributed by atoms with Gasteiger partial charge >= 0.3 is 6.09 Å². The molecule has 4 nitrogen and oxygen atoms in total. The van der Waals surface area contributed by atoms with E-state index in [0.29, 0.717) is 5.92 Å². The molecule has 0 spiro atoms. The Bertz CT molecular complexity index is 334. The molecule has 2 aliphatic rings. The number of carbonyl (C=O) groups is 2. The summed E-state index contributed by atoms with van der Waals surface area (Å²) in [6.07, 6.45) is 5.84. The smallest absolute Gasteiger partial charge is 0.410 e. The minimum atomic E-state index is -0.380. The number of ketones is 1. The van der Waals surface area contributed by atoms with Crippen molar-refractivity contribution in [3.8, 4) is 0 Å². The predicted molar refractivity (Wildman–Crippen MR) is 68.7 cm³/mol. The molecule has 0 radical (unpaired) electrons. The summed E-state index contributed by atoms with van der Waals surface area (Å²) >= 11 is 5.65. The molecule has 1 saturated carbocycles. The Labute approximate surface area is 113 Å². The van der Waals surface area contributed by atoms with Crippen LogP contribution in [0.4, 0.5) is 4.79 Å². The Hall–Kier alpha value is -0.770. The van der Waals surface area contributed by atoms with Crippen LogP contribution < -0.4 is 0 Å². The zero-order valence-electron chi connectivity index (χ0n) is 10.7. The quantitative estimate of drug-likeness (QED) is 0.727. The second-order valence-corrected chi connectivity index (χ2v) is 5.45. The lowest BCUT2D eigenvalue weighted by molar-refractivity contribution is -0.125.